The first kappa shape index (κ1) is 14.5. The predicted octanol–water partition coefficient (Wildman–Crippen LogP) is 3.23. The molecule has 1 amide bonds. The van der Waals surface area contributed by atoms with Gasteiger partial charge in [-0.15, -0.1) is 12.6 Å². The maximum atomic E-state index is 13.0. The van der Waals surface area contributed by atoms with Crippen LogP contribution in [0.25, 0.3) is 0 Å². The monoisotopic (exact) mass is 293 g/mol. The van der Waals surface area contributed by atoms with Crippen molar-refractivity contribution in [2.75, 3.05) is 6.54 Å². The summed E-state index contributed by atoms with van der Waals surface area (Å²) in [6, 6.07) is 10.2. The SMILES string of the molecule is O=C(NCCc1cc(F)cc(F)c1)c1cccc(S)c1. The minimum Gasteiger partial charge on any atom is -0.352 e. The molecule has 0 aliphatic rings. The smallest absolute Gasteiger partial charge is 0.251 e. The van der Waals surface area contributed by atoms with Crippen molar-refractivity contribution in [1.82, 2.24) is 5.32 Å². The Bertz CT molecular complexity index is 611. The first-order chi connectivity index (χ1) is 9.54. The Morgan fingerprint density at radius 3 is 2.45 bits per heavy atom. The zero-order valence-corrected chi connectivity index (χ0v) is 11.5. The summed E-state index contributed by atoms with van der Waals surface area (Å²) in [6.45, 7) is 0.304. The summed E-state index contributed by atoms with van der Waals surface area (Å²) in [7, 11) is 0. The fourth-order valence-corrected chi connectivity index (χ4v) is 2.05. The van der Waals surface area contributed by atoms with Crippen LogP contribution in [-0.4, -0.2) is 12.5 Å². The number of nitrogens with one attached hydrogen (secondary N) is 1. The zero-order chi connectivity index (χ0) is 14.5. The molecule has 0 radical (unpaired) electrons. The number of hydrogen-bond donors (Lipinski definition) is 2. The molecule has 2 aromatic carbocycles. The second kappa shape index (κ2) is 6.52. The summed E-state index contributed by atoms with van der Waals surface area (Å²) in [6.07, 6.45) is 0.362. The Balaban J connectivity index is 1.91. The van der Waals surface area contributed by atoms with Crippen LogP contribution in [0, 0.1) is 11.6 Å². The summed E-state index contributed by atoms with van der Waals surface area (Å²) >= 11 is 4.16. The molecule has 2 rings (SSSR count). The van der Waals surface area contributed by atoms with Crippen LogP contribution in [-0.2, 0) is 6.42 Å². The van der Waals surface area contributed by atoms with E-state index in [4.69, 9.17) is 0 Å². The normalized spacial score (nSPS) is 10.3. The molecule has 0 aliphatic carbocycles. The van der Waals surface area contributed by atoms with Gasteiger partial charge < -0.3 is 5.32 Å². The number of hydrogen-bond acceptors (Lipinski definition) is 2. The molecule has 0 spiro atoms. The van der Waals surface area contributed by atoms with Gasteiger partial charge >= 0.3 is 0 Å². The molecular formula is C15H13F2NOS. The molecule has 0 saturated carbocycles. The second-order valence-electron chi connectivity index (χ2n) is 4.33. The summed E-state index contributed by atoms with van der Waals surface area (Å²) < 4.78 is 26.0. The van der Waals surface area contributed by atoms with E-state index in [1.54, 1.807) is 24.3 Å². The summed E-state index contributed by atoms with van der Waals surface area (Å²) in [4.78, 5) is 12.5. The van der Waals surface area contributed by atoms with Gasteiger partial charge in [0.2, 0.25) is 0 Å². The summed E-state index contributed by atoms with van der Waals surface area (Å²) in [5.41, 5.74) is 1.01. The average Bonchev–Trinajstić information content (AvgIpc) is 2.37. The molecule has 0 bridgehead atoms. The number of halogens is 2. The Kier molecular flexibility index (Phi) is 4.74. The van der Waals surface area contributed by atoms with Gasteiger partial charge in [0.05, 0.1) is 0 Å². The highest BCUT2D eigenvalue weighted by Crippen LogP contribution is 2.10. The topological polar surface area (TPSA) is 29.1 Å². The lowest BCUT2D eigenvalue weighted by molar-refractivity contribution is 0.0954. The van der Waals surface area contributed by atoms with Crippen molar-refractivity contribution in [3.8, 4) is 0 Å². The molecule has 2 nitrogen and oxygen atoms in total. The van der Waals surface area contributed by atoms with Gasteiger partial charge in [-0.25, -0.2) is 8.78 Å². The lowest BCUT2D eigenvalue weighted by atomic mass is 10.1. The number of carbonyl (C=O) groups excluding carboxylic acids is 1. The van der Waals surface area contributed by atoms with Crippen LogP contribution in [0.4, 0.5) is 8.78 Å². The molecular weight excluding hydrogens is 280 g/mol. The van der Waals surface area contributed by atoms with Crippen molar-refractivity contribution in [2.24, 2.45) is 0 Å². The molecule has 0 heterocycles. The van der Waals surface area contributed by atoms with E-state index >= 15 is 0 Å². The summed E-state index contributed by atoms with van der Waals surface area (Å²) in [5.74, 6) is -1.47. The molecule has 0 aromatic heterocycles. The average molecular weight is 293 g/mol. The molecule has 1 N–H and O–H groups in total. The van der Waals surface area contributed by atoms with E-state index in [2.05, 4.69) is 17.9 Å². The molecule has 0 saturated heterocycles. The Morgan fingerprint density at radius 2 is 1.80 bits per heavy atom. The fraction of sp³-hybridized carbons (Fsp3) is 0.133. The molecule has 104 valence electrons. The first-order valence-electron chi connectivity index (χ1n) is 6.07. The van der Waals surface area contributed by atoms with Crippen LogP contribution in [0.2, 0.25) is 0 Å². The van der Waals surface area contributed by atoms with Crippen LogP contribution in [0.5, 0.6) is 0 Å². The fourth-order valence-electron chi connectivity index (χ4n) is 1.82. The van der Waals surface area contributed by atoms with Crippen LogP contribution in [0.15, 0.2) is 47.4 Å². The van der Waals surface area contributed by atoms with Crippen LogP contribution in [0.3, 0.4) is 0 Å². The first-order valence-corrected chi connectivity index (χ1v) is 6.51. The molecule has 0 aliphatic heterocycles. The largest absolute Gasteiger partial charge is 0.352 e. The highest BCUT2D eigenvalue weighted by Gasteiger charge is 2.06. The number of benzene rings is 2. The van der Waals surface area contributed by atoms with Crippen LogP contribution < -0.4 is 5.32 Å². The minimum absolute atomic E-state index is 0.238. The van der Waals surface area contributed by atoms with Gasteiger partial charge in [-0.2, -0.15) is 0 Å². The highest BCUT2D eigenvalue weighted by molar-refractivity contribution is 7.80. The van der Waals surface area contributed by atoms with Gasteiger partial charge in [-0.1, -0.05) is 6.07 Å². The lowest BCUT2D eigenvalue weighted by Gasteiger charge is -2.06. The maximum Gasteiger partial charge on any atom is 0.251 e. The third kappa shape index (κ3) is 4.06. The van der Waals surface area contributed by atoms with Gasteiger partial charge in [0.1, 0.15) is 11.6 Å². The van der Waals surface area contributed by atoms with Crippen molar-refractivity contribution in [3.63, 3.8) is 0 Å². The zero-order valence-electron chi connectivity index (χ0n) is 10.6. The Labute approximate surface area is 121 Å². The summed E-state index contributed by atoms with van der Waals surface area (Å²) in [5, 5.41) is 2.70. The van der Waals surface area contributed by atoms with Crippen molar-refractivity contribution < 1.29 is 13.6 Å². The van der Waals surface area contributed by atoms with E-state index < -0.39 is 11.6 Å². The van der Waals surface area contributed by atoms with E-state index in [0.29, 0.717) is 29.0 Å². The third-order valence-corrected chi connectivity index (χ3v) is 3.01. The number of carbonyl (C=O) groups is 1. The van der Waals surface area contributed by atoms with Gasteiger partial charge in [-0.05, 0) is 42.3 Å². The minimum atomic E-state index is -0.617. The number of rotatable bonds is 4. The van der Waals surface area contributed by atoms with E-state index in [9.17, 15) is 13.6 Å². The number of thiol groups is 1. The van der Waals surface area contributed by atoms with Crippen molar-refractivity contribution in [2.45, 2.75) is 11.3 Å². The van der Waals surface area contributed by atoms with E-state index in [1.807, 2.05) is 0 Å². The molecule has 20 heavy (non-hydrogen) atoms. The molecule has 2 aromatic rings. The third-order valence-electron chi connectivity index (χ3n) is 2.73. The van der Waals surface area contributed by atoms with Crippen LogP contribution >= 0.6 is 12.6 Å². The van der Waals surface area contributed by atoms with Crippen molar-refractivity contribution in [1.29, 1.82) is 0 Å². The molecule has 0 atom stereocenters. The standard InChI is InChI=1S/C15H13F2NOS/c16-12-6-10(7-13(17)9-12)4-5-18-15(19)11-2-1-3-14(20)8-11/h1-3,6-9,20H,4-5H2,(H,18,19). The second-order valence-corrected chi connectivity index (χ2v) is 4.85. The van der Waals surface area contributed by atoms with Crippen LogP contribution in [0.1, 0.15) is 15.9 Å². The predicted molar refractivity (Wildman–Crippen MR) is 76.1 cm³/mol. The van der Waals surface area contributed by atoms with Gasteiger partial charge in [0, 0.05) is 23.1 Å². The van der Waals surface area contributed by atoms with Crippen molar-refractivity contribution >= 4 is 18.5 Å². The molecule has 5 heteroatoms. The lowest BCUT2D eigenvalue weighted by Crippen LogP contribution is -2.25. The van der Waals surface area contributed by atoms with Gasteiger partial charge in [-0.3, -0.25) is 4.79 Å². The quantitative estimate of drug-likeness (QED) is 0.833. The van der Waals surface area contributed by atoms with E-state index in [1.165, 1.54) is 12.1 Å². The van der Waals surface area contributed by atoms with E-state index in [-0.39, 0.29) is 5.91 Å². The van der Waals surface area contributed by atoms with Gasteiger partial charge in [0.15, 0.2) is 0 Å². The number of amides is 1. The Hall–Kier alpha value is -1.88. The Morgan fingerprint density at radius 1 is 1.10 bits per heavy atom. The van der Waals surface area contributed by atoms with E-state index in [0.717, 1.165) is 6.07 Å². The highest BCUT2D eigenvalue weighted by atomic mass is 32.1. The maximum absolute atomic E-state index is 13.0. The van der Waals surface area contributed by atoms with Crippen molar-refractivity contribution in [3.05, 3.63) is 65.2 Å². The molecule has 0 unspecified atom stereocenters. The van der Waals surface area contributed by atoms with Gasteiger partial charge in [0.25, 0.3) is 5.91 Å². The molecule has 0 fully saturated rings.